The van der Waals surface area contributed by atoms with E-state index in [-0.39, 0.29) is 13.0 Å². The van der Waals surface area contributed by atoms with E-state index in [1.165, 1.54) is 0 Å². The Bertz CT molecular complexity index is 552. The molecule has 2 aromatic carbocycles. The lowest BCUT2D eigenvalue weighted by molar-refractivity contribution is -0.120. The maximum atomic E-state index is 10.6. The van der Waals surface area contributed by atoms with E-state index in [0.29, 0.717) is 5.75 Å². The SMILES string of the molecule is NC(=O)C[C@H](O)COc1ccc(-c2ccccc2)cc1. The number of hydrogen-bond acceptors (Lipinski definition) is 3. The molecule has 0 aliphatic heterocycles. The second kappa shape index (κ2) is 6.73. The molecule has 2 rings (SSSR count). The van der Waals surface area contributed by atoms with Gasteiger partial charge in [-0.3, -0.25) is 4.79 Å². The molecule has 4 heteroatoms. The minimum absolute atomic E-state index is 0.0492. The third kappa shape index (κ3) is 4.10. The molecular formula is C16H17NO3. The molecule has 4 nitrogen and oxygen atoms in total. The van der Waals surface area contributed by atoms with Gasteiger partial charge in [0.25, 0.3) is 0 Å². The standard InChI is InChI=1S/C16H17NO3/c17-16(19)10-14(18)11-20-15-8-6-13(7-9-15)12-4-2-1-3-5-12/h1-9,14,18H,10-11H2,(H2,17,19)/t14-/m0/s1. The van der Waals surface area contributed by atoms with Crippen molar-refractivity contribution in [3.63, 3.8) is 0 Å². The van der Waals surface area contributed by atoms with Crippen molar-refractivity contribution < 1.29 is 14.6 Å². The van der Waals surface area contributed by atoms with Crippen molar-refractivity contribution in [3.05, 3.63) is 54.6 Å². The van der Waals surface area contributed by atoms with Gasteiger partial charge in [-0.2, -0.15) is 0 Å². The number of aliphatic hydroxyl groups is 1. The van der Waals surface area contributed by atoms with Crippen LogP contribution in [-0.4, -0.2) is 23.7 Å². The zero-order valence-electron chi connectivity index (χ0n) is 11.0. The summed E-state index contributed by atoms with van der Waals surface area (Å²) in [5.74, 6) is 0.105. The summed E-state index contributed by atoms with van der Waals surface area (Å²) < 4.78 is 5.40. The third-order valence-electron chi connectivity index (χ3n) is 2.84. The van der Waals surface area contributed by atoms with Gasteiger partial charge in [0.2, 0.25) is 5.91 Å². The molecule has 0 spiro atoms. The van der Waals surface area contributed by atoms with Crippen LogP contribution in [0, 0.1) is 0 Å². The highest BCUT2D eigenvalue weighted by atomic mass is 16.5. The minimum Gasteiger partial charge on any atom is -0.491 e. The van der Waals surface area contributed by atoms with Gasteiger partial charge in [-0.1, -0.05) is 42.5 Å². The van der Waals surface area contributed by atoms with Crippen LogP contribution >= 0.6 is 0 Å². The summed E-state index contributed by atoms with van der Waals surface area (Å²) in [6.07, 6.45) is -0.969. The van der Waals surface area contributed by atoms with E-state index in [9.17, 15) is 9.90 Å². The van der Waals surface area contributed by atoms with Crippen LogP contribution in [0.1, 0.15) is 6.42 Å². The van der Waals surface area contributed by atoms with Crippen LogP contribution in [0.15, 0.2) is 54.6 Å². The molecule has 0 aliphatic carbocycles. The van der Waals surface area contributed by atoms with Crippen LogP contribution in [-0.2, 0) is 4.79 Å². The first-order valence-corrected chi connectivity index (χ1v) is 6.40. The van der Waals surface area contributed by atoms with Gasteiger partial charge in [-0.25, -0.2) is 0 Å². The lowest BCUT2D eigenvalue weighted by Crippen LogP contribution is -2.25. The second-order valence-electron chi connectivity index (χ2n) is 4.53. The highest BCUT2D eigenvalue weighted by Crippen LogP contribution is 2.22. The predicted molar refractivity (Wildman–Crippen MR) is 77.2 cm³/mol. The van der Waals surface area contributed by atoms with Crippen molar-refractivity contribution in [2.75, 3.05) is 6.61 Å². The number of hydrogen-bond donors (Lipinski definition) is 2. The normalized spacial score (nSPS) is 11.8. The molecule has 0 saturated carbocycles. The fraction of sp³-hybridized carbons (Fsp3) is 0.188. The van der Waals surface area contributed by atoms with E-state index in [4.69, 9.17) is 10.5 Å². The zero-order chi connectivity index (χ0) is 14.4. The first kappa shape index (κ1) is 14.1. The van der Waals surface area contributed by atoms with Gasteiger partial charge in [-0.15, -0.1) is 0 Å². The number of amides is 1. The van der Waals surface area contributed by atoms with Gasteiger partial charge in [0.1, 0.15) is 12.4 Å². The predicted octanol–water partition coefficient (Wildman–Crippen LogP) is 1.97. The molecule has 0 fully saturated rings. The fourth-order valence-electron chi connectivity index (χ4n) is 1.86. The van der Waals surface area contributed by atoms with Crippen LogP contribution in [0.3, 0.4) is 0 Å². The van der Waals surface area contributed by atoms with Crippen LogP contribution in [0.2, 0.25) is 0 Å². The van der Waals surface area contributed by atoms with Gasteiger partial charge >= 0.3 is 0 Å². The van der Waals surface area contributed by atoms with Gasteiger partial charge < -0.3 is 15.6 Å². The number of benzene rings is 2. The molecule has 2 aromatic rings. The average Bonchev–Trinajstić information content (AvgIpc) is 2.46. The molecule has 1 atom stereocenters. The van der Waals surface area contributed by atoms with Crippen LogP contribution in [0.4, 0.5) is 0 Å². The molecule has 0 unspecified atom stereocenters. The fourth-order valence-corrected chi connectivity index (χ4v) is 1.86. The molecule has 20 heavy (non-hydrogen) atoms. The van der Waals surface area contributed by atoms with Gasteiger partial charge in [0.05, 0.1) is 12.5 Å². The maximum absolute atomic E-state index is 10.6. The van der Waals surface area contributed by atoms with E-state index in [1.54, 1.807) is 0 Å². The number of ether oxygens (including phenoxy) is 1. The monoisotopic (exact) mass is 271 g/mol. The lowest BCUT2D eigenvalue weighted by Gasteiger charge is -2.11. The van der Waals surface area contributed by atoms with E-state index in [1.807, 2.05) is 54.6 Å². The maximum Gasteiger partial charge on any atom is 0.220 e. The van der Waals surface area contributed by atoms with Crippen molar-refractivity contribution in [1.82, 2.24) is 0 Å². The molecule has 0 aromatic heterocycles. The second-order valence-corrected chi connectivity index (χ2v) is 4.53. The van der Waals surface area contributed by atoms with Crippen LogP contribution < -0.4 is 10.5 Å². The highest BCUT2D eigenvalue weighted by Gasteiger charge is 2.08. The number of primary amides is 1. The molecular weight excluding hydrogens is 254 g/mol. The zero-order valence-corrected chi connectivity index (χ0v) is 11.0. The van der Waals surface area contributed by atoms with Crippen molar-refractivity contribution >= 4 is 5.91 Å². The smallest absolute Gasteiger partial charge is 0.220 e. The first-order valence-electron chi connectivity index (χ1n) is 6.40. The van der Waals surface area contributed by atoms with Gasteiger partial charge in [0.15, 0.2) is 0 Å². The summed E-state index contributed by atoms with van der Waals surface area (Å²) in [5, 5.41) is 9.49. The van der Waals surface area contributed by atoms with E-state index < -0.39 is 12.0 Å². The number of carbonyl (C=O) groups excluding carboxylic acids is 1. The Morgan fingerprint density at radius 1 is 1.05 bits per heavy atom. The number of aliphatic hydroxyl groups excluding tert-OH is 1. The molecule has 0 saturated heterocycles. The molecule has 0 bridgehead atoms. The summed E-state index contributed by atoms with van der Waals surface area (Å²) >= 11 is 0. The van der Waals surface area contributed by atoms with Crippen LogP contribution in [0.5, 0.6) is 5.75 Å². The van der Waals surface area contributed by atoms with Crippen LogP contribution in [0.25, 0.3) is 11.1 Å². The number of nitrogens with two attached hydrogens (primary N) is 1. The highest BCUT2D eigenvalue weighted by molar-refractivity contribution is 5.74. The Kier molecular flexibility index (Phi) is 4.74. The Morgan fingerprint density at radius 3 is 2.25 bits per heavy atom. The number of carbonyl (C=O) groups is 1. The van der Waals surface area contributed by atoms with Crippen molar-refractivity contribution in [2.45, 2.75) is 12.5 Å². The van der Waals surface area contributed by atoms with Crippen molar-refractivity contribution in [2.24, 2.45) is 5.73 Å². The quantitative estimate of drug-likeness (QED) is 0.843. The molecule has 104 valence electrons. The van der Waals surface area contributed by atoms with E-state index >= 15 is 0 Å². The van der Waals surface area contributed by atoms with Gasteiger partial charge in [0, 0.05) is 0 Å². The first-order chi connectivity index (χ1) is 9.65. The third-order valence-corrected chi connectivity index (χ3v) is 2.84. The van der Waals surface area contributed by atoms with E-state index in [2.05, 4.69) is 0 Å². The van der Waals surface area contributed by atoms with E-state index in [0.717, 1.165) is 11.1 Å². The lowest BCUT2D eigenvalue weighted by atomic mass is 10.1. The summed E-state index contributed by atoms with van der Waals surface area (Å²) in [6.45, 7) is 0.0492. The summed E-state index contributed by atoms with van der Waals surface area (Å²) in [7, 11) is 0. The Morgan fingerprint density at radius 2 is 1.65 bits per heavy atom. The largest absolute Gasteiger partial charge is 0.491 e. The molecule has 1 amide bonds. The number of rotatable bonds is 6. The molecule has 0 radical (unpaired) electrons. The Labute approximate surface area is 117 Å². The van der Waals surface area contributed by atoms with Crippen molar-refractivity contribution in [1.29, 1.82) is 0 Å². The topological polar surface area (TPSA) is 72.6 Å². The molecule has 3 N–H and O–H groups in total. The average molecular weight is 271 g/mol. The Hall–Kier alpha value is -2.33. The van der Waals surface area contributed by atoms with Crippen molar-refractivity contribution in [3.8, 4) is 16.9 Å². The summed E-state index contributed by atoms with van der Waals surface area (Å²) in [5.41, 5.74) is 7.22. The minimum atomic E-state index is -0.874. The van der Waals surface area contributed by atoms with Gasteiger partial charge in [-0.05, 0) is 23.3 Å². The molecule has 0 heterocycles. The molecule has 0 aliphatic rings. The Balaban J connectivity index is 1.94. The summed E-state index contributed by atoms with van der Waals surface area (Å²) in [6, 6.07) is 17.6. The summed E-state index contributed by atoms with van der Waals surface area (Å²) in [4.78, 5) is 10.6.